The Morgan fingerprint density at radius 3 is 3.06 bits per heavy atom. The van der Waals surface area contributed by atoms with Crippen molar-refractivity contribution in [3.05, 3.63) is 35.7 Å². The molecule has 0 aromatic carbocycles. The molecule has 7 nitrogen and oxygen atoms in total. The first kappa shape index (κ1) is 11.1. The molecule has 0 aliphatic heterocycles. The van der Waals surface area contributed by atoms with Crippen LogP contribution in [-0.4, -0.2) is 21.0 Å². The average Bonchev–Trinajstić information content (AvgIpc) is 2.82. The van der Waals surface area contributed by atoms with Crippen molar-refractivity contribution in [2.75, 3.05) is 5.73 Å². The summed E-state index contributed by atoms with van der Waals surface area (Å²) in [5, 5.41) is 6.23. The van der Waals surface area contributed by atoms with Gasteiger partial charge in [-0.15, -0.1) is 0 Å². The molecule has 7 heteroatoms. The highest BCUT2D eigenvalue weighted by molar-refractivity contribution is 5.95. The Morgan fingerprint density at radius 1 is 1.53 bits per heavy atom. The van der Waals surface area contributed by atoms with E-state index in [0.29, 0.717) is 22.8 Å². The number of pyridine rings is 1. The van der Waals surface area contributed by atoms with Gasteiger partial charge in [-0.1, -0.05) is 5.16 Å². The Morgan fingerprint density at radius 2 is 2.35 bits per heavy atom. The summed E-state index contributed by atoms with van der Waals surface area (Å²) in [6, 6.07) is 1.58. The van der Waals surface area contributed by atoms with Crippen molar-refractivity contribution < 1.29 is 9.32 Å². The number of hydrogen-bond acceptors (Lipinski definition) is 6. The van der Waals surface area contributed by atoms with E-state index in [1.807, 2.05) is 0 Å². The molecule has 0 spiro atoms. The first-order valence-corrected chi connectivity index (χ1v) is 4.92. The van der Waals surface area contributed by atoms with Crippen molar-refractivity contribution in [2.45, 2.75) is 13.5 Å². The first-order valence-electron chi connectivity index (χ1n) is 4.92. The summed E-state index contributed by atoms with van der Waals surface area (Å²) in [5.41, 5.74) is 7.07. The number of aryl methyl sites for hydroxylation is 1. The zero-order valence-electron chi connectivity index (χ0n) is 9.17. The summed E-state index contributed by atoms with van der Waals surface area (Å²) >= 11 is 0. The lowest BCUT2D eigenvalue weighted by atomic mass is 10.2. The third-order valence-corrected chi connectivity index (χ3v) is 2.17. The Kier molecular flexibility index (Phi) is 2.99. The van der Waals surface area contributed by atoms with Crippen LogP contribution < -0.4 is 11.1 Å². The fourth-order valence-electron chi connectivity index (χ4n) is 1.30. The zero-order valence-corrected chi connectivity index (χ0v) is 9.17. The van der Waals surface area contributed by atoms with E-state index < -0.39 is 0 Å². The normalized spacial score (nSPS) is 10.2. The van der Waals surface area contributed by atoms with Gasteiger partial charge in [0.1, 0.15) is 0 Å². The molecule has 0 atom stereocenters. The largest absolute Gasteiger partial charge is 0.397 e. The van der Waals surface area contributed by atoms with Gasteiger partial charge in [-0.3, -0.25) is 9.78 Å². The smallest absolute Gasteiger partial charge is 0.253 e. The Bertz CT molecular complexity index is 523. The van der Waals surface area contributed by atoms with Crippen molar-refractivity contribution in [3.8, 4) is 0 Å². The van der Waals surface area contributed by atoms with Gasteiger partial charge < -0.3 is 15.6 Å². The van der Waals surface area contributed by atoms with Gasteiger partial charge in [-0.2, -0.15) is 4.98 Å². The van der Waals surface area contributed by atoms with Crippen LogP contribution in [0.3, 0.4) is 0 Å². The highest BCUT2D eigenvalue weighted by Crippen LogP contribution is 2.09. The number of aromatic nitrogens is 3. The number of hydrogen-bond donors (Lipinski definition) is 2. The highest BCUT2D eigenvalue weighted by Gasteiger charge is 2.11. The van der Waals surface area contributed by atoms with Crippen LogP contribution in [0.15, 0.2) is 23.2 Å². The van der Waals surface area contributed by atoms with Crippen molar-refractivity contribution in [1.82, 2.24) is 20.4 Å². The van der Waals surface area contributed by atoms with E-state index in [2.05, 4.69) is 25.0 Å². The minimum atomic E-state index is -0.271. The molecule has 0 radical (unpaired) electrons. The standard InChI is InChI=1S/C10H11N5O2/c1-6-8(2-7(11)3-12-6)10(16)13-4-9-14-5-17-15-9/h2-3,5H,4,11H2,1H3,(H,13,16). The minimum Gasteiger partial charge on any atom is -0.397 e. The molecule has 2 aromatic rings. The Labute approximate surface area is 97.0 Å². The molecule has 2 aromatic heterocycles. The van der Waals surface area contributed by atoms with E-state index in [1.54, 1.807) is 13.0 Å². The maximum atomic E-state index is 11.8. The van der Waals surface area contributed by atoms with Crippen LogP contribution in [0.5, 0.6) is 0 Å². The summed E-state index contributed by atoms with van der Waals surface area (Å²) in [6.07, 6.45) is 2.71. The number of nitrogens with two attached hydrogens (primary N) is 1. The van der Waals surface area contributed by atoms with Gasteiger partial charge in [0.05, 0.1) is 29.7 Å². The molecule has 3 N–H and O–H groups in total. The first-order chi connectivity index (χ1) is 8.16. The van der Waals surface area contributed by atoms with Crippen LogP contribution in [-0.2, 0) is 6.54 Å². The highest BCUT2D eigenvalue weighted by atomic mass is 16.5. The van der Waals surface area contributed by atoms with Crippen LogP contribution in [0.4, 0.5) is 5.69 Å². The topological polar surface area (TPSA) is 107 Å². The molecule has 2 rings (SSSR count). The predicted octanol–water partition coefficient (Wildman–Crippen LogP) is 0.285. The number of nitrogens with one attached hydrogen (secondary N) is 1. The van der Waals surface area contributed by atoms with E-state index >= 15 is 0 Å². The maximum Gasteiger partial charge on any atom is 0.253 e. The summed E-state index contributed by atoms with van der Waals surface area (Å²) in [6.45, 7) is 1.94. The number of nitrogens with zero attached hydrogens (tertiary/aromatic N) is 3. The quantitative estimate of drug-likeness (QED) is 0.788. The molecule has 1 amide bonds. The van der Waals surface area contributed by atoms with Crippen molar-refractivity contribution >= 4 is 11.6 Å². The zero-order chi connectivity index (χ0) is 12.3. The third kappa shape index (κ3) is 2.57. The van der Waals surface area contributed by atoms with Gasteiger partial charge in [0.25, 0.3) is 5.91 Å². The monoisotopic (exact) mass is 233 g/mol. The molecule has 0 fully saturated rings. The van der Waals surface area contributed by atoms with Gasteiger partial charge in [0.15, 0.2) is 5.82 Å². The van der Waals surface area contributed by atoms with Crippen LogP contribution in [0, 0.1) is 6.92 Å². The van der Waals surface area contributed by atoms with E-state index in [0.717, 1.165) is 0 Å². The third-order valence-electron chi connectivity index (χ3n) is 2.17. The van der Waals surface area contributed by atoms with Crippen molar-refractivity contribution in [1.29, 1.82) is 0 Å². The van der Waals surface area contributed by atoms with Crippen molar-refractivity contribution in [2.24, 2.45) is 0 Å². The molecule has 17 heavy (non-hydrogen) atoms. The summed E-state index contributed by atoms with van der Waals surface area (Å²) in [5.74, 6) is 0.139. The van der Waals surface area contributed by atoms with Gasteiger partial charge in [-0.05, 0) is 13.0 Å². The van der Waals surface area contributed by atoms with Gasteiger partial charge in [0, 0.05) is 0 Å². The van der Waals surface area contributed by atoms with E-state index in [9.17, 15) is 4.79 Å². The SMILES string of the molecule is Cc1ncc(N)cc1C(=O)NCc1ncon1. The predicted molar refractivity (Wildman–Crippen MR) is 58.9 cm³/mol. The van der Waals surface area contributed by atoms with Gasteiger partial charge in [-0.25, -0.2) is 0 Å². The second kappa shape index (κ2) is 4.60. The summed E-state index contributed by atoms with van der Waals surface area (Å²) in [7, 11) is 0. The number of carbonyl (C=O) groups is 1. The fraction of sp³-hybridized carbons (Fsp3) is 0.200. The van der Waals surface area contributed by atoms with Crippen LogP contribution >= 0.6 is 0 Å². The number of amides is 1. The lowest BCUT2D eigenvalue weighted by Crippen LogP contribution is -2.24. The lowest BCUT2D eigenvalue weighted by Gasteiger charge is -2.05. The molecule has 0 saturated heterocycles. The molecular weight excluding hydrogens is 222 g/mol. The molecular formula is C10H11N5O2. The van der Waals surface area contributed by atoms with Gasteiger partial charge >= 0.3 is 0 Å². The van der Waals surface area contributed by atoms with E-state index in [-0.39, 0.29) is 12.5 Å². The molecule has 0 aliphatic rings. The maximum absolute atomic E-state index is 11.8. The molecule has 0 saturated carbocycles. The van der Waals surface area contributed by atoms with Crippen molar-refractivity contribution in [3.63, 3.8) is 0 Å². The number of rotatable bonds is 3. The molecule has 0 aliphatic carbocycles. The summed E-state index contributed by atoms with van der Waals surface area (Å²) in [4.78, 5) is 19.6. The second-order valence-electron chi connectivity index (χ2n) is 3.43. The number of carbonyl (C=O) groups excluding carboxylic acids is 1. The molecule has 0 bridgehead atoms. The molecule has 2 heterocycles. The Hall–Kier alpha value is -2.44. The summed E-state index contributed by atoms with van der Waals surface area (Å²) < 4.78 is 4.55. The van der Waals surface area contributed by atoms with E-state index in [4.69, 9.17) is 5.73 Å². The van der Waals surface area contributed by atoms with Gasteiger partial charge in [0.2, 0.25) is 6.39 Å². The van der Waals surface area contributed by atoms with Crippen LogP contribution in [0.2, 0.25) is 0 Å². The fourth-order valence-corrected chi connectivity index (χ4v) is 1.30. The molecule has 88 valence electrons. The van der Waals surface area contributed by atoms with E-state index in [1.165, 1.54) is 12.6 Å². The second-order valence-corrected chi connectivity index (χ2v) is 3.43. The number of nitrogen functional groups attached to an aromatic ring is 1. The van der Waals surface area contributed by atoms with Crippen LogP contribution in [0.25, 0.3) is 0 Å². The lowest BCUT2D eigenvalue weighted by molar-refractivity contribution is 0.0948. The molecule has 0 unspecified atom stereocenters. The average molecular weight is 233 g/mol. The number of anilines is 1. The van der Waals surface area contributed by atoms with Crippen LogP contribution in [0.1, 0.15) is 21.9 Å². The Balaban J connectivity index is 2.07. The minimum absolute atomic E-state index is 0.198.